The maximum atomic E-state index is 13.8. The van der Waals surface area contributed by atoms with Crippen LogP contribution in [0.2, 0.25) is 0 Å². The third-order valence-corrected chi connectivity index (χ3v) is 4.68. The van der Waals surface area contributed by atoms with Gasteiger partial charge in [0.2, 0.25) is 0 Å². The van der Waals surface area contributed by atoms with Crippen molar-refractivity contribution in [1.82, 2.24) is 4.90 Å². The zero-order valence-electron chi connectivity index (χ0n) is 13.5. The first-order valence-electron chi connectivity index (χ1n) is 8.15. The Hall–Kier alpha value is -2.34. The number of carbonyl (C=O) groups is 1. The number of carbonyl (C=O) groups excluding carboxylic acids is 1. The molecule has 0 aromatic heterocycles. The molecule has 3 rings (SSSR count). The van der Waals surface area contributed by atoms with E-state index in [2.05, 4.69) is 0 Å². The fourth-order valence-corrected chi connectivity index (χ4v) is 3.20. The molecule has 0 bridgehead atoms. The summed E-state index contributed by atoms with van der Waals surface area (Å²) in [5.41, 5.74) is 0.347. The Morgan fingerprint density at radius 3 is 2.28 bits per heavy atom. The molecule has 0 saturated carbocycles. The van der Waals surface area contributed by atoms with Crippen molar-refractivity contribution in [2.24, 2.45) is 5.92 Å². The predicted octanol–water partition coefficient (Wildman–Crippen LogP) is 3.69. The highest BCUT2D eigenvalue weighted by Gasteiger charge is 2.30. The molecule has 0 aliphatic carbocycles. The van der Waals surface area contributed by atoms with Crippen LogP contribution in [0.3, 0.4) is 0 Å². The van der Waals surface area contributed by atoms with E-state index in [1.54, 1.807) is 0 Å². The Labute approximate surface area is 143 Å². The van der Waals surface area contributed by atoms with Gasteiger partial charge >= 0.3 is 0 Å². The molecule has 1 N–H and O–H groups in total. The molecule has 1 aliphatic rings. The second-order valence-electron chi connectivity index (χ2n) is 6.21. The number of amides is 1. The highest BCUT2D eigenvalue weighted by atomic mass is 19.2. The Kier molecular flexibility index (Phi) is 5.08. The van der Waals surface area contributed by atoms with Crippen LogP contribution in [-0.4, -0.2) is 29.0 Å². The van der Waals surface area contributed by atoms with Gasteiger partial charge in [-0.25, -0.2) is 13.2 Å². The molecule has 1 aliphatic heterocycles. The van der Waals surface area contributed by atoms with Crippen LogP contribution >= 0.6 is 0 Å². The molecule has 1 saturated heterocycles. The second kappa shape index (κ2) is 7.27. The molecule has 25 heavy (non-hydrogen) atoms. The molecule has 132 valence electrons. The standard InChI is InChI=1S/C19H18F3NO2/c20-15-7-6-14(16(21)17(15)22)19(25)23-10-8-13(9-11-23)18(24)12-4-2-1-3-5-12/h1-7,13,18,24H,8-11H2. The van der Waals surface area contributed by atoms with Crippen LogP contribution in [0.5, 0.6) is 0 Å². The Balaban J connectivity index is 1.66. The average molecular weight is 349 g/mol. The molecule has 0 radical (unpaired) electrons. The first kappa shape index (κ1) is 17.5. The lowest BCUT2D eigenvalue weighted by Gasteiger charge is -2.34. The van der Waals surface area contributed by atoms with Crippen molar-refractivity contribution in [2.45, 2.75) is 18.9 Å². The molecule has 1 atom stereocenters. The number of likely N-dealkylation sites (tertiary alicyclic amines) is 1. The van der Waals surface area contributed by atoms with Gasteiger partial charge < -0.3 is 10.0 Å². The van der Waals surface area contributed by atoms with Gasteiger partial charge in [0, 0.05) is 13.1 Å². The summed E-state index contributed by atoms with van der Waals surface area (Å²) >= 11 is 0. The molecule has 3 nitrogen and oxygen atoms in total. The normalized spacial score (nSPS) is 16.7. The van der Waals surface area contributed by atoms with Gasteiger partial charge in [-0.1, -0.05) is 30.3 Å². The number of rotatable bonds is 3. The first-order valence-corrected chi connectivity index (χ1v) is 8.15. The summed E-state index contributed by atoms with van der Waals surface area (Å²) in [7, 11) is 0. The third-order valence-electron chi connectivity index (χ3n) is 4.68. The monoisotopic (exact) mass is 349 g/mol. The number of aliphatic hydroxyl groups excluding tert-OH is 1. The lowest BCUT2D eigenvalue weighted by Crippen LogP contribution is -2.40. The minimum atomic E-state index is -1.64. The van der Waals surface area contributed by atoms with Crippen LogP contribution in [0, 0.1) is 23.4 Å². The molecule has 1 heterocycles. The number of piperidine rings is 1. The minimum absolute atomic E-state index is 0.0127. The van der Waals surface area contributed by atoms with Crippen LogP contribution in [0.25, 0.3) is 0 Å². The van der Waals surface area contributed by atoms with E-state index >= 15 is 0 Å². The van der Waals surface area contributed by atoms with Gasteiger partial charge in [0.1, 0.15) is 0 Å². The Morgan fingerprint density at radius 1 is 1.00 bits per heavy atom. The number of hydrogen-bond donors (Lipinski definition) is 1. The van der Waals surface area contributed by atoms with Crippen molar-refractivity contribution in [3.05, 3.63) is 71.0 Å². The summed E-state index contributed by atoms with van der Waals surface area (Å²) in [6, 6.07) is 11.0. The van der Waals surface area contributed by atoms with Crippen LogP contribution in [0.4, 0.5) is 13.2 Å². The van der Waals surface area contributed by atoms with Crippen molar-refractivity contribution in [1.29, 1.82) is 0 Å². The fourth-order valence-electron chi connectivity index (χ4n) is 3.20. The van der Waals surface area contributed by atoms with E-state index in [1.165, 1.54) is 4.90 Å². The summed E-state index contributed by atoms with van der Waals surface area (Å²) in [5, 5.41) is 10.4. The van der Waals surface area contributed by atoms with Crippen LogP contribution in [0.15, 0.2) is 42.5 Å². The van der Waals surface area contributed by atoms with E-state index in [0.29, 0.717) is 25.9 Å². The van der Waals surface area contributed by atoms with Gasteiger partial charge in [-0.05, 0) is 36.5 Å². The number of halogens is 3. The SMILES string of the molecule is O=C(c1ccc(F)c(F)c1F)N1CCC(C(O)c2ccccc2)CC1. The van der Waals surface area contributed by atoms with Crippen molar-refractivity contribution in [3.63, 3.8) is 0 Å². The minimum Gasteiger partial charge on any atom is -0.388 e. The van der Waals surface area contributed by atoms with E-state index in [0.717, 1.165) is 17.7 Å². The van der Waals surface area contributed by atoms with Crippen molar-refractivity contribution >= 4 is 5.91 Å². The summed E-state index contributed by atoms with van der Waals surface area (Å²) in [6.07, 6.45) is 0.471. The van der Waals surface area contributed by atoms with Gasteiger partial charge in [0.05, 0.1) is 11.7 Å². The van der Waals surface area contributed by atoms with Gasteiger partial charge in [-0.2, -0.15) is 0 Å². The van der Waals surface area contributed by atoms with Gasteiger partial charge in [-0.15, -0.1) is 0 Å². The predicted molar refractivity (Wildman–Crippen MR) is 86.3 cm³/mol. The van der Waals surface area contributed by atoms with Crippen LogP contribution < -0.4 is 0 Å². The van der Waals surface area contributed by atoms with E-state index in [4.69, 9.17) is 0 Å². The number of hydrogen-bond acceptors (Lipinski definition) is 2. The van der Waals surface area contributed by atoms with E-state index < -0.39 is 35.0 Å². The maximum Gasteiger partial charge on any atom is 0.256 e. The maximum absolute atomic E-state index is 13.8. The summed E-state index contributed by atoms with van der Waals surface area (Å²) in [6.45, 7) is 0.650. The number of aliphatic hydroxyl groups is 1. The molecular weight excluding hydrogens is 331 g/mol. The second-order valence-corrected chi connectivity index (χ2v) is 6.21. The molecule has 2 aromatic rings. The molecule has 0 spiro atoms. The molecule has 1 amide bonds. The molecule has 1 unspecified atom stereocenters. The first-order chi connectivity index (χ1) is 12.0. The summed E-state index contributed by atoms with van der Waals surface area (Å²) in [5.74, 6) is -5.10. The molecule has 6 heteroatoms. The number of nitrogens with zero attached hydrogens (tertiary/aromatic N) is 1. The summed E-state index contributed by atoms with van der Waals surface area (Å²) in [4.78, 5) is 13.8. The smallest absolute Gasteiger partial charge is 0.256 e. The topological polar surface area (TPSA) is 40.5 Å². The molecular formula is C19H18F3NO2. The quantitative estimate of drug-likeness (QED) is 0.859. The average Bonchev–Trinajstić information content (AvgIpc) is 2.66. The van der Waals surface area contributed by atoms with E-state index in [-0.39, 0.29) is 5.92 Å². The Bertz CT molecular complexity index is 759. The zero-order valence-corrected chi connectivity index (χ0v) is 13.5. The van der Waals surface area contributed by atoms with E-state index in [1.807, 2.05) is 30.3 Å². The number of benzene rings is 2. The van der Waals surface area contributed by atoms with E-state index in [9.17, 15) is 23.1 Å². The van der Waals surface area contributed by atoms with Crippen molar-refractivity contribution < 1.29 is 23.1 Å². The zero-order chi connectivity index (χ0) is 18.0. The Morgan fingerprint density at radius 2 is 1.64 bits per heavy atom. The van der Waals surface area contributed by atoms with Gasteiger partial charge in [-0.3, -0.25) is 4.79 Å². The van der Waals surface area contributed by atoms with Gasteiger partial charge in [0.25, 0.3) is 5.91 Å². The van der Waals surface area contributed by atoms with Gasteiger partial charge in [0.15, 0.2) is 17.5 Å². The highest BCUT2D eigenvalue weighted by molar-refractivity contribution is 5.94. The van der Waals surface area contributed by atoms with Crippen LogP contribution in [0.1, 0.15) is 34.9 Å². The van der Waals surface area contributed by atoms with Crippen molar-refractivity contribution in [3.8, 4) is 0 Å². The summed E-state index contributed by atoms with van der Waals surface area (Å²) < 4.78 is 40.1. The molecule has 1 fully saturated rings. The fraction of sp³-hybridized carbons (Fsp3) is 0.316. The van der Waals surface area contributed by atoms with Crippen LogP contribution in [-0.2, 0) is 0 Å². The highest BCUT2D eigenvalue weighted by Crippen LogP contribution is 2.31. The lowest BCUT2D eigenvalue weighted by atomic mass is 9.87. The third kappa shape index (κ3) is 3.54. The molecule has 2 aromatic carbocycles. The largest absolute Gasteiger partial charge is 0.388 e. The lowest BCUT2D eigenvalue weighted by molar-refractivity contribution is 0.0458. The van der Waals surface area contributed by atoms with Crippen molar-refractivity contribution in [2.75, 3.05) is 13.1 Å².